The van der Waals surface area contributed by atoms with Crippen molar-refractivity contribution in [1.82, 2.24) is 30.1 Å². The van der Waals surface area contributed by atoms with Gasteiger partial charge in [-0.15, -0.1) is 5.10 Å². The summed E-state index contributed by atoms with van der Waals surface area (Å²) in [5.41, 5.74) is 0.963. The molecule has 1 aromatic heterocycles. The molecule has 1 amide bonds. The number of halogens is 6. The van der Waals surface area contributed by atoms with E-state index in [2.05, 4.69) is 32.4 Å². The maximum Gasteiger partial charge on any atom is 0.490 e. The summed E-state index contributed by atoms with van der Waals surface area (Å²) in [5.74, 6) is -3.93. The van der Waals surface area contributed by atoms with Crippen molar-refractivity contribution in [3.63, 3.8) is 0 Å². The zero-order chi connectivity index (χ0) is 29.8. The molecule has 0 radical (unpaired) electrons. The molecule has 0 saturated carbocycles. The summed E-state index contributed by atoms with van der Waals surface area (Å²) >= 11 is 0. The van der Waals surface area contributed by atoms with E-state index in [9.17, 15) is 31.1 Å². The monoisotopic (exact) mass is 576 g/mol. The minimum Gasteiger partial charge on any atom is -0.475 e. The van der Waals surface area contributed by atoms with E-state index in [1.165, 1.54) is 12.8 Å². The van der Waals surface area contributed by atoms with Crippen LogP contribution in [0.4, 0.5) is 26.3 Å². The van der Waals surface area contributed by atoms with Crippen LogP contribution in [0.5, 0.6) is 0 Å². The molecule has 1 aromatic rings. The fourth-order valence-electron chi connectivity index (χ4n) is 3.91. The van der Waals surface area contributed by atoms with Crippen LogP contribution in [0.2, 0.25) is 0 Å². The van der Waals surface area contributed by atoms with E-state index in [0.29, 0.717) is 18.4 Å². The highest BCUT2D eigenvalue weighted by Crippen LogP contribution is 2.20. The molecule has 3 heterocycles. The minimum absolute atomic E-state index is 0.300. The van der Waals surface area contributed by atoms with Crippen LogP contribution >= 0.6 is 0 Å². The highest BCUT2D eigenvalue weighted by molar-refractivity contribution is 5.78. The van der Waals surface area contributed by atoms with Crippen LogP contribution < -0.4 is 5.32 Å². The Morgan fingerprint density at radius 1 is 1.00 bits per heavy atom. The van der Waals surface area contributed by atoms with Gasteiger partial charge in [0.2, 0.25) is 5.91 Å². The minimum atomic E-state index is -5.08. The number of nitrogens with one attached hydrogen (secondary N) is 1. The van der Waals surface area contributed by atoms with E-state index in [1.54, 1.807) is 0 Å². The molecule has 2 aliphatic rings. The Labute approximate surface area is 221 Å². The third-order valence-corrected chi connectivity index (χ3v) is 5.98. The summed E-state index contributed by atoms with van der Waals surface area (Å²) in [6.45, 7) is 8.38. The van der Waals surface area contributed by atoms with Gasteiger partial charge in [-0.2, -0.15) is 26.3 Å². The summed E-state index contributed by atoms with van der Waals surface area (Å²) in [7, 11) is 1.91. The molecule has 0 aliphatic carbocycles. The summed E-state index contributed by atoms with van der Waals surface area (Å²) in [5, 5.41) is 25.7. The highest BCUT2D eigenvalue weighted by Gasteiger charge is 2.39. The smallest absolute Gasteiger partial charge is 0.475 e. The Bertz CT molecular complexity index is 894. The number of aromatic nitrogens is 3. The maximum absolute atomic E-state index is 12.7. The lowest BCUT2D eigenvalue weighted by molar-refractivity contribution is -0.193. The number of carbonyl (C=O) groups is 3. The van der Waals surface area contributed by atoms with Crippen LogP contribution in [-0.2, 0) is 27.5 Å². The van der Waals surface area contributed by atoms with Crippen LogP contribution in [-0.4, -0.2) is 105 Å². The standard InChI is InChI=1S/C18H32N6O.2C2HF3O2/c1-15-5-8-22(9-6-15)14-18(25)23-7-3-4-16(11-23)12-24-13-17(10-19-2)20-21-24;2*3-2(4,5)1(6)7/h13,15-16,19H,3-12,14H2,1-2H3;2*(H,6,7). The summed E-state index contributed by atoms with van der Waals surface area (Å²) in [4.78, 5) is 34.9. The van der Waals surface area contributed by atoms with Crippen molar-refractivity contribution >= 4 is 17.8 Å². The second-order valence-electron chi connectivity index (χ2n) is 9.37. The van der Waals surface area contributed by atoms with Crippen molar-refractivity contribution in [2.75, 3.05) is 39.8 Å². The number of piperidine rings is 2. The van der Waals surface area contributed by atoms with E-state index in [-0.39, 0.29) is 0 Å². The number of aliphatic carboxylic acids is 2. The largest absolute Gasteiger partial charge is 0.490 e. The molecule has 11 nitrogen and oxygen atoms in total. The molecule has 17 heteroatoms. The molecular formula is C22H34F6N6O5. The molecule has 2 saturated heterocycles. The zero-order valence-corrected chi connectivity index (χ0v) is 21.6. The fourth-order valence-corrected chi connectivity index (χ4v) is 3.91. The molecule has 3 rings (SSSR count). The third kappa shape index (κ3) is 13.6. The van der Waals surface area contributed by atoms with Crippen LogP contribution in [0.3, 0.4) is 0 Å². The summed E-state index contributed by atoms with van der Waals surface area (Å²) in [6.07, 6.45) is -3.47. The Morgan fingerprint density at radius 3 is 2.03 bits per heavy atom. The van der Waals surface area contributed by atoms with Gasteiger partial charge in [-0.25, -0.2) is 9.59 Å². The van der Waals surface area contributed by atoms with Gasteiger partial charge in [0.1, 0.15) is 0 Å². The van der Waals surface area contributed by atoms with E-state index < -0.39 is 24.3 Å². The van der Waals surface area contributed by atoms with Gasteiger partial charge in [-0.3, -0.25) is 14.4 Å². The van der Waals surface area contributed by atoms with Gasteiger partial charge >= 0.3 is 24.3 Å². The Hall–Kier alpha value is -2.95. The van der Waals surface area contributed by atoms with Gasteiger partial charge in [0.15, 0.2) is 0 Å². The first kappa shape index (κ1) is 34.1. The third-order valence-electron chi connectivity index (χ3n) is 5.98. The van der Waals surface area contributed by atoms with Crippen molar-refractivity contribution in [3.05, 3.63) is 11.9 Å². The Balaban J connectivity index is 0.000000449. The SMILES string of the molecule is CNCc1cn(CC2CCCN(C(=O)CN3CCC(C)CC3)C2)nn1.O=C(O)C(F)(F)F.O=C(O)C(F)(F)F. The molecule has 2 fully saturated rings. The predicted molar refractivity (Wildman–Crippen MR) is 124 cm³/mol. The van der Waals surface area contributed by atoms with Crippen LogP contribution in [0.25, 0.3) is 0 Å². The average Bonchev–Trinajstić information content (AvgIpc) is 3.27. The van der Waals surface area contributed by atoms with Gasteiger partial charge in [0.25, 0.3) is 0 Å². The Kier molecular flexibility index (Phi) is 13.6. The van der Waals surface area contributed by atoms with Crippen molar-refractivity contribution in [1.29, 1.82) is 0 Å². The average molecular weight is 577 g/mol. The summed E-state index contributed by atoms with van der Waals surface area (Å²) in [6, 6.07) is 0. The fraction of sp³-hybridized carbons (Fsp3) is 0.773. The number of carboxylic acids is 2. The van der Waals surface area contributed by atoms with Gasteiger partial charge in [-0.1, -0.05) is 12.1 Å². The first-order valence-corrected chi connectivity index (χ1v) is 12.2. The number of alkyl halides is 6. The van der Waals surface area contributed by atoms with Crippen molar-refractivity contribution in [2.45, 2.75) is 58.0 Å². The lowest BCUT2D eigenvalue weighted by Crippen LogP contribution is -2.47. The number of carboxylic acid groups (broad SMARTS) is 2. The van der Waals surface area contributed by atoms with Gasteiger partial charge in [0, 0.05) is 32.4 Å². The molecule has 1 atom stereocenters. The van der Waals surface area contributed by atoms with Crippen molar-refractivity contribution in [2.24, 2.45) is 11.8 Å². The normalized spacial score (nSPS) is 18.9. The van der Waals surface area contributed by atoms with Gasteiger partial charge in [0.05, 0.1) is 12.2 Å². The number of rotatable bonds is 6. The molecule has 1 unspecified atom stereocenters. The topological polar surface area (TPSA) is 141 Å². The molecular weight excluding hydrogens is 542 g/mol. The second kappa shape index (κ2) is 15.6. The van der Waals surface area contributed by atoms with Crippen molar-refractivity contribution in [3.8, 4) is 0 Å². The Morgan fingerprint density at radius 2 is 1.54 bits per heavy atom. The number of amides is 1. The summed E-state index contributed by atoms with van der Waals surface area (Å²) < 4.78 is 65.4. The molecule has 0 spiro atoms. The van der Waals surface area contributed by atoms with E-state index in [0.717, 1.165) is 63.7 Å². The van der Waals surface area contributed by atoms with E-state index in [1.807, 2.05) is 17.9 Å². The lowest BCUT2D eigenvalue weighted by Gasteiger charge is -2.35. The molecule has 0 aromatic carbocycles. The first-order valence-electron chi connectivity index (χ1n) is 12.2. The number of nitrogens with zero attached hydrogens (tertiary/aromatic N) is 5. The molecule has 3 N–H and O–H groups in total. The van der Waals surface area contributed by atoms with E-state index in [4.69, 9.17) is 19.8 Å². The number of hydrogen-bond acceptors (Lipinski definition) is 7. The zero-order valence-electron chi connectivity index (χ0n) is 21.6. The lowest BCUT2D eigenvalue weighted by atomic mass is 9.97. The molecule has 39 heavy (non-hydrogen) atoms. The number of carbonyl (C=O) groups excluding carboxylic acids is 1. The molecule has 2 aliphatic heterocycles. The van der Waals surface area contributed by atoms with Crippen LogP contribution in [0.1, 0.15) is 38.3 Å². The number of hydrogen-bond donors (Lipinski definition) is 3. The van der Waals surface area contributed by atoms with Gasteiger partial charge < -0.3 is 20.4 Å². The predicted octanol–water partition coefficient (Wildman–Crippen LogP) is 2.23. The first-order chi connectivity index (χ1) is 18.0. The molecule has 224 valence electrons. The van der Waals surface area contributed by atoms with Gasteiger partial charge in [-0.05, 0) is 57.7 Å². The highest BCUT2D eigenvalue weighted by atomic mass is 19.4. The van der Waals surface area contributed by atoms with Crippen LogP contribution in [0.15, 0.2) is 6.20 Å². The molecule has 0 bridgehead atoms. The van der Waals surface area contributed by atoms with Crippen molar-refractivity contribution < 1.29 is 50.9 Å². The quantitative estimate of drug-likeness (QED) is 0.435. The second-order valence-corrected chi connectivity index (χ2v) is 9.37. The van der Waals surface area contributed by atoms with Crippen LogP contribution in [0, 0.1) is 11.8 Å². The number of likely N-dealkylation sites (tertiary alicyclic amines) is 2. The van der Waals surface area contributed by atoms with E-state index >= 15 is 0 Å². The maximum atomic E-state index is 12.7.